The molecule has 0 unspecified atom stereocenters. The Morgan fingerprint density at radius 1 is 0.692 bits per heavy atom. The quantitative estimate of drug-likeness (QED) is 0.404. The Morgan fingerprint density at radius 2 is 1.27 bits per heavy atom. The average molecular weight is 338 g/mol. The second kappa shape index (κ2) is 8.68. The van der Waals surface area contributed by atoms with Crippen LogP contribution < -0.4 is 0 Å². The molecule has 0 spiro atoms. The van der Waals surface area contributed by atoms with Crippen molar-refractivity contribution in [1.82, 2.24) is 0 Å². The van der Waals surface area contributed by atoms with E-state index in [-0.39, 0.29) is 0 Å². The van der Waals surface area contributed by atoms with Gasteiger partial charge in [-0.3, -0.25) is 0 Å². The van der Waals surface area contributed by atoms with E-state index in [1.54, 1.807) is 6.07 Å². The average Bonchev–Trinajstić information content (AvgIpc) is 2.69. The molecule has 1 nitrogen and oxygen atoms in total. The van der Waals surface area contributed by atoms with E-state index in [4.69, 9.17) is 0 Å². The van der Waals surface area contributed by atoms with Gasteiger partial charge in [-0.15, -0.1) is 6.58 Å². The molecular formula is C25H22O. The predicted octanol–water partition coefficient (Wildman–Crippen LogP) is 6.46. The summed E-state index contributed by atoms with van der Waals surface area (Å²) in [7, 11) is 0. The first kappa shape index (κ1) is 17.5. The molecule has 0 saturated heterocycles. The molecule has 0 aromatic heterocycles. The Balaban J connectivity index is 2.03. The van der Waals surface area contributed by atoms with Crippen LogP contribution in [0.5, 0.6) is 5.75 Å². The van der Waals surface area contributed by atoms with Crippen LogP contribution in [0.2, 0.25) is 0 Å². The number of allylic oxidation sites excluding steroid dienone is 1. The molecule has 3 rings (SSSR count). The monoisotopic (exact) mass is 338 g/mol. The molecule has 26 heavy (non-hydrogen) atoms. The fraction of sp³-hybridized carbons (Fsp3) is 0.0400. The van der Waals surface area contributed by atoms with Gasteiger partial charge in [0.2, 0.25) is 0 Å². The zero-order chi connectivity index (χ0) is 18.2. The van der Waals surface area contributed by atoms with Crippen LogP contribution in [0, 0.1) is 0 Å². The van der Waals surface area contributed by atoms with Gasteiger partial charge in [0.15, 0.2) is 0 Å². The Bertz CT molecular complexity index is 919. The first-order valence-corrected chi connectivity index (χ1v) is 8.70. The lowest BCUT2D eigenvalue weighted by atomic mass is 9.95. The summed E-state index contributed by atoms with van der Waals surface area (Å²) in [5.41, 5.74) is 5.24. The van der Waals surface area contributed by atoms with Crippen molar-refractivity contribution < 1.29 is 5.11 Å². The third-order valence-electron chi connectivity index (χ3n) is 4.21. The largest absolute Gasteiger partial charge is 0.508 e. The third-order valence-corrected chi connectivity index (χ3v) is 4.21. The van der Waals surface area contributed by atoms with Crippen molar-refractivity contribution in [3.8, 4) is 5.75 Å². The summed E-state index contributed by atoms with van der Waals surface area (Å²) in [6.45, 7) is 3.83. The molecule has 0 fully saturated rings. The Morgan fingerprint density at radius 3 is 1.85 bits per heavy atom. The van der Waals surface area contributed by atoms with Crippen LogP contribution >= 0.6 is 0 Å². The van der Waals surface area contributed by atoms with Gasteiger partial charge in [0, 0.05) is 5.56 Å². The molecule has 1 N–H and O–H groups in total. The fourth-order valence-corrected chi connectivity index (χ4v) is 2.87. The maximum atomic E-state index is 10.3. The molecule has 0 amide bonds. The van der Waals surface area contributed by atoms with Gasteiger partial charge in [-0.1, -0.05) is 97.1 Å². The summed E-state index contributed by atoms with van der Waals surface area (Å²) < 4.78 is 0. The standard InChI is InChI=1S/C25H22O/c1-2-9-24-23(18-15-21-12-7-4-8-13-21)22(17-19-25(24)26)16-14-20-10-5-3-6-11-20/h2-8,10-19,26H,1,9H2. The van der Waals surface area contributed by atoms with Gasteiger partial charge < -0.3 is 5.11 Å². The van der Waals surface area contributed by atoms with Crippen LogP contribution in [0.1, 0.15) is 27.8 Å². The van der Waals surface area contributed by atoms with E-state index in [1.165, 1.54) is 0 Å². The van der Waals surface area contributed by atoms with Crippen LogP contribution in [0.25, 0.3) is 24.3 Å². The molecule has 1 heteroatoms. The number of hydrogen-bond acceptors (Lipinski definition) is 1. The highest BCUT2D eigenvalue weighted by molar-refractivity contribution is 5.82. The van der Waals surface area contributed by atoms with Crippen molar-refractivity contribution in [3.63, 3.8) is 0 Å². The highest BCUT2D eigenvalue weighted by Crippen LogP contribution is 2.29. The molecule has 3 aromatic rings. The normalized spacial score (nSPS) is 11.2. The Labute approximate surface area is 155 Å². The van der Waals surface area contributed by atoms with Gasteiger partial charge in [0.05, 0.1) is 0 Å². The van der Waals surface area contributed by atoms with Crippen molar-refractivity contribution in [3.05, 3.63) is 113 Å². The minimum absolute atomic E-state index is 0.300. The number of benzene rings is 3. The van der Waals surface area contributed by atoms with E-state index in [0.717, 1.165) is 27.8 Å². The van der Waals surface area contributed by atoms with Crippen molar-refractivity contribution in [2.45, 2.75) is 6.42 Å². The minimum atomic E-state index is 0.300. The second-order valence-electron chi connectivity index (χ2n) is 6.05. The second-order valence-corrected chi connectivity index (χ2v) is 6.05. The van der Waals surface area contributed by atoms with Gasteiger partial charge in [-0.05, 0) is 34.7 Å². The van der Waals surface area contributed by atoms with Gasteiger partial charge in [0.1, 0.15) is 5.75 Å². The molecule has 0 heterocycles. The number of phenols is 1. The fourth-order valence-electron chi connectivity index (χ4n) is 2.87. The highest BCUT2D eigenvalue weighted by Gasteiger charge is 2.08. The number of aromatic hydroxyl groups is 1. The van der Waals surface area contributed by atoms with Crippen LogP contribution in [0.3, 0.4) is 0 Å². The summed E-state index contributed by atoms with van der Waals surface area (Å²) in [4.78, 5) is 0. The number of phenolic OH excluding ortho intramolecular Hbond substituents is 1. The molecule has 3 aromatic carbocycles. The molecule has 0 saturated carbocycles. The summed E-state index contributed by atoms with van der Waals surface area (Å²) in [6, 6.07) is 24.1. The van der Waals surface area contributed by atoms with Gasteiger partial charge in [-0.2, -0.15) is 0 Å². The number of rotatable bonds is 6. The van der Waals surface area contributed by atoms with E-state index in [1.807, 2.05) is 48.5 Å². The van der Waals surface area contributed by atoms with Crippen LogP contribution in [-0.4, -0.2) is 5.11 Å². The molecule has 0 aliphatic heterocycles. The highest BCUT2D eigenvalue weighted by atomic mass is 16.3. The summed E-state index contributed by atoms with van der Waals surface area (Å²) in [6.07, 6.45) is 10.8. The lowest BCUT2D eigenvalue weighted by Gasteiger charge is -2.11. The SMILES string of the molecule is C=CCc1c(O)ccc(C=Cc2ccccc2)c1C=Cc1ccccc1. The lowest BCUT2D eigenvalue weighted by Crippen LogP contribution is -1.92. The van der Waals surface area contributed by atoms with Crippen LogP contribution in [0.15, 0.2) is 85.5 Å². The Hall–Kier alpha value is -3.32. The first-order valence-electron chi connectivity index (χ1n) is 8.70. The topological polar surface area (TPSA) is 20.2 Å². The smallest absolute Gasteiger partial charge is 0.119 e. The van der Waals surface area contributed by atoms with E-state index >= 15 is 0 Å². The van der Waals surface area contributed by atoms with E-state index in [2.05, 4.69) is 55.1 Å². The molecule has 0 radical (unpaired) electrons. The van der Waals surface area contributed by atoms with Crippen molar-refractivity contribution >= 4 is 24.3 Å². The van der Waals surface area contributed by atoms with Crippen molar-refractivity contribution in [1.29, 1.82) is 0 Å². The first-order chi connectivity index (χ1) is 12.8. The maximum absolute atomic E-state index is 10.3. The molecule has 0 aliphatic rings. The van der Waals surface area contributed by atoms with Crippen LogP contribution in [-0.2, 0) is 6.42 Å². The number of hydrogen-bond donors (Lipinski definition) is 1. The van der Waals surface area contributed by atoms with E-state index in [9.17, 15) is 5.11 Å². The lowest BCUT2D eigenvalue weighted by molar-refractivity contribution is 0.469. The van der Waals surface area contributed by atoms with Crippen LogP contribution in [0.4, 0.5) is 0 Å². The molecule has 0 aliphatic carbocycles. The minimum Gasteiger partial charge on any atom is -0.508 e. The van der Waals surface area contributed by atoms with Gasteiger partial charge >= 0.3 is 0 Å². The zero-order valence-electron chi connectivity index (χ0n) is 14.7. The predicted molar refractivity (Wildman–Crippen MR) is 113 cm³/mol. The van der Waals surface area contributed by atoms with Crippen molar-refractivity contribution in [2.24, 2.45) is 0 Å². The summed E-state index contributed by atoms with van der Waals surface area (Å²) in [5.74, 6) is 0.300. The summed E-state index contributed by atoms with van der Waals surface area (Å²) in [5, 5.41) is 10.3. The van der Waals surface area contributed by atoms with Gasteiger partial charge in [-0.25, -0.2) is 0 Å². The maximum Gasteiger partial charge on any atom is 0.119 e. The zero-order valence-corrected chi connectivity index (χ0v) is 14.7. The van der Waals surface area contributed by atoms with Gasteiger partial charge in [0.25, 0.3) is 0 Å². The summed E-state index contributed by atoms with van der Waals surface area (Å²) >= 11 is 0. The molecular weight excluding hydrogens is 316 g/mol. The third kappa shape index (κ3) is 4.40. The van der Waals surface area contributed by atoms with E-state index in [0.29, 0.717) is 12.2 Å². The van der Waals surface area contributed by atoms with E-state index < -0.39 is 0 Å². The Kier molecular flexibility index (Phi) is 5.84. The molecule has 128 valence electrons. The molecule has 0 bridgehead atoms. The molecule has 0 atom stereocenters. The van der Waals surface area contributed by atoms with Crippen molar-refractivity contribution in [2.75, 3.05) is 0 Å².